The van der Waals surface area contributed by atoms with Gasteiger partial charge in [0.2, 0.25) is 0 Å². The molecule has 0 unspecified atom stereocenters. The zero-order chi connectivity index (χ0) is 40.1. The average Bonchev–Trinajstić information content (AvgIpc) is 3.44. The number of rotatable bonds is 13. The first-order valence-corrected chi connectivity index (χ1v) is 20.1. The van der Waals surface area contributed by atoms with E-state index in [1.165, 1.54) is 50.1 Å². The number of allylic oxidation sites excluding steroid dienone is 13. The molecule has 1 aliphatic carbocycles. The fourth-order valence-electron chi connectivity index (χ4n) is 7.20. The monoisotopic (exact) mass is 744 g/mol. The molecule has 57 heavy (non-hydrogen) atoms. The normalized spacial score (nSPS) is 13.7. The van der Waals surface area contributed by atoms with Crippen LogP contribution in [0, 0.1) is 27.7 Å². The summed E-state index contributed by atoms with van der Waals surface area (Å²) in [4.78, 5) is 4.66. The number of hydrogen-bond donors (Lipinski definition) is 0. The second-order valence-electron chi connectivity index (χ2n) is 14.8. The minimum absolute atomic E-state index is 0.762. The van der Waals surface area contributed by atoms with E-state index < -0.39 is 0 Å². The Labute approximate surface area is 342 Å². The molecule has 2 heteroatoms. The Hall–Kier alpha value is -6.38. The third-order valence-corrected chi connectivity index (χ3v) is 10.3. The number of anilines is 3. The summed E-state index contributed by atoms with van der Waals surface area (Å²) in [5, 5.41) is 0. The smallest absolute Gasteiger partial charge is 0.0461 e. The van der Waals surface area contributed by atoms with Gasteiger partial charge >= 0.3 is 0 Å². The maximum atomic E-state index is 2.38. The van der Waals surface area contributed by atoms with Crippen molar-refractivity contribution in [1.29, 1.82) is 0 Å². The maximum absolute atomic E-state index is 2.38. The fourth-order valence-corrected chi connectivity index (χ4v) is 7.20. The SMILES string of the molecule is C\C=C/C=C(\C=C\N(C1=CCC=C(C)C=C1)c1ccc(C)cc1)c1ccccc1-c1c(C)cccc1C/C=C(\C=C/C)N(c1ccc(C)cc1)c1ccc(C)cc1. The molecule has 5 aromatic carbocycles. The lowest BCUT2D eigenvalue weighted by Gasteiger charge is -2.27. The van der Waals surface area contributed by atoms with Crippen molar-refractivity contribution in [1.82, 2.24) is 0 Å². The number of nitrogens with zero attached hydrogens (tertiary/aromatic N) is 2. The van der Waals surface area contributed by atoms with Gasteiger partial charge in [-0.2, -0.15) is 0 Å². The van der Waals surface area contributed by atoms with E-state index >= 15 is 0 Å². The van der Waals surface area contributed by atoms with E-state index in [1.54, 1.807) is 0 Å². The molecule has 0 heterocycles. The largest absolute Gasteiger partial charge is 0.317 e. The van der Waals surface area contributed by atoms with Crippen molar-refractivity contribution in [3.8, 4) is 11.1 Å². The summed E-state index contributed by atoms with van der Waals surface area (Å²) in [6, 6.07) is 42.0. The van der Waals surface area contributed by atoms with Crippen LogP contribution in [-0.2, 0) is 6.42 Å². The summed E-state index contributed by atoms with van der Waals surface area (Å²) >= 11 is 0. The zero-order valence-electron chi connectivity index (χ0n) is 34.7. The van der Waals surface area contributed by atoms with Crippen molar-refractivity contribution in [2.24, 2.45) is 0 Å². The van der Waals surface area contributed by atoms with Gasteiger partial charge in [-0.25, -0.2) is 0 Å². The van der Waals surface area contributed by atoms with Crippen LogP contribution in [0.4, 0.5) is 17.1 Å². The summed E-state index contributed by atoms with van der Waals surface area (Å²) in [5.74, 6) is 0. The van der Waals surface area contributed by atoms with Crippen molar-refractivity contribution in [3.63, 3.8) is 0 Å². The van der Waals surface area contributed by atoms with Gasteiger partial charge in [0.15, 0.2) is 0 Å². The molecule has 0 fully saturated rings. The Bertz CT molecular complexity index is 2340. The van der Waals surface area contributed by atoms with Crippen LogP contribution >= 0.6 is 0 Å². The highest BCUT2D eigenvalue weighted by Crippen LogP contribution is 2.37. The van der Waals surface area contributed by atoms with Crippen molar-refractivity contribution in [2.75, 3.05) is 9.80 Å². The Morgan fingerprint density at radius 1 is 0.614 bits per heavy atom. The molecular weight excluding hydrogens is 689 g/mol. The van der Waals surface area contributed by atoms with E-state index in [4.69, 9.17) is 0 Å². The van der Waals surface area contributed by atoms with E-state index in [2.05, 4.69) is 247 Å². The third kappa shape index (κ3) is 10.3. The highest BCUT2D eigenvalue weighted by molar-refractivity contribution is 5.88. The lowest BCUT2D eigenvalue weighted by molar-refractivity contribution is 1.15. The lowest BCUT2D eigenvalue weighted by atomic mass is 9.87. The number of hydrogen-bond acceptors (Lipinski definition) is 2. The molecule has 0 amide bonds. The molecule has 0 spiro atoms. The topological polar surface area (TPSA) is 6.48 Å². The highest BCUT2D eigenvalue weighted by atomic mass is 15.1. The van der Waals surface area contributed by atoms with E-state index in [1.807, 2.05) is 0 Å². The standard InChI is InChI=1S/C55H56N2/c1-8-10-18-46(39-40-56(49-32-24-42(4)25-33-49)48-20-13-16-41(3)23-31-48)53-21-11-12-22-54(53)55-45(7)17-14-19-47(55)30-38-50(15-9-2)57(51-34-26-43(5)27-35-51)52-36-28-44(6)29-37-52/h8-12,14-29,31-40H,13,30H2,1-7H3/b10-8-,15-9-,40-39+,46-18+,50-38+. The van der Waals surface area contributed by atoms with Crippen LogP contribution in [0.15, 0.2) is 205 Å². The van der Waals surface area contributed by atoms with Crippen LogP contribution in [0.3, 0.4) is 0 Å². The lowest BCUT2D eigenvalue weighted by Crippen LogP contribution is -2.15. The molecule has 0 saturated heterocycles. The minimum Gasteiger partial charge on any atom is -0.317 e. The fraction of sp³-hybridized carbons (Fsp3) is 0.164. The molecule has 0 aliphatic heterocycles. The van der Waals surface area contributed by atoms with Crippen LogP contribution in [0.5, 0.6) is 0 Å². The molecule has 0 atom stereocenters. The van der Waals surface area contributed by atoms with Crippen molar-refractivity contribution < 1.29 is 0 Å². The summed E-state index contributed by atoms with van der Waals surface area (Å²) in [6.45, 7) is 15.0. The number of aryl methyl sites for hydroxylation is 4. The highest BCUT2D eigenvalue weighted by Gasteiger charge is 2.17. The molecule has 2 nitrogen and oxygen atoms in total. The second-order valence-corrected chi connectivity index (χ2v) is 14.8. The average molecular weight is 745 g/mol. The zero-order valence-corrected chi connectivity index (χ0v) is 34.7. The maximum Gasteiger partial charge on any atom is 0.0461 e. The molecule has 0 saturated carbocycles. The van der Waals surface area contributed by atoms with Crippen LogP contribution in [0.2, 0.25) is 0 Å². The van der Waals surface area contributed by atoms with Crippen molar-refractivity contribution in [2.45, 2.75) is 61.3 Å². The van der Waals surface area contributed by atoms with Gasteiger partial charge in [0.1, 0.15) is 0 Å². The molecule has 1 aliphatic rings. The Morgan fingerprint density at radius 3 is 1.88 bits per heavy atom. The molecule has 6 rings (SSSR count). The van der Waals surface area contributed by atoms with Crippen molar-refractivity contribution in [3.05, 3.63) is 239 Å². The van der Waals surface area contributed by atoms with Gasteiger partial charge < -0.3 is 9.80 Å². The van der Waals surface area contributed by atoms with Crippen LogP contribution in [0.1, 0.15) is 60.6 Å². The molecule has 5 aromatic rings. The molecule has 0 aromatic heterocycles. The molecule has 0 bridgehead atoms. The van der Waals surface area contributed by atoms with E-state index in [9.17, 15) is 0 Å². The van der Waals surface area contributed by atoms with Gasteiger partial charge in [-0.1, -0.05) is 150 Å². The first-order valence-electron chi connectivity index (χ1n) is 20.1. The van der Waals surface area contributed by atoms with Crippen LogP contribution in [-0.4, -0.2) is 0 Å². The van der Waals surface area contributed by atoms with E-state index in [0.717, 1.165) is 46.9 Å². The summed E-state index contributed by atoms with van der Waals surface area (Å²) < 4.78 is 0. The second kappa shape index (κ2) is 19.5. The molecule has 286 valence electrons. The minimum atomic E-state index is 0.762. The summed E-state index contributed by atoms with van der Waals surface area (Å²) in [7, 11) is 0. The molecular formula is C55H56N2. The van der Waals surface area contributed by atoms with Crippen molar-refractivity contribution >= 4 is 22.6 Å². The van der Waals surface area contributed by atoms with Gasteiger partial charge in [0.05, 0.1) is 0 Å². The van der Waals surface area contributed by atoms with Gasteiger partial charge in [-0.3, -0.25) is 0 Å². The quantitative estimate of drug-likeness (QED) is 0.111. The van der Waals surface area contributed by atoms with Gasteiger partial charge in [0, 0.05) is 34.7 Å². The van der Waals surface area contributed by atoms with Gasteiger partial charge in [-0.05, 0) is 149 Å². The summed E-state index contributed by atoms with van der Waals surface area (Å²) in [5.41, 5.74) is 18.0. The Balaban J connectivity index is 1.43. The third-order valence-electron chi connectivity index (χ3n) is 10.3. The first kappa shape index (κ1) is 40.3. The van der Waals surface area contributed by atoms with E-state index in [0.29, 0.717) is 0 Å². The van der Waals surface area contributed by atoms with E-state index in [-0.39, 0.29) is 0 Å². The number of benzene rings is 5. The van der Waals surface area contributed by atoms with Gasteiger partial charge in [0.25, 0.3) is 0 Å². The molecule has 0 radical (unpaired) electrons. The molecule has 0 N–H and O–H groups in total. The first-order chi connectivity index (χ1) is 27.7. The predicted octanol–water partition coefficient (Wildman–Crippen LogP) is 15.2. The van der Waals surface area contributed by atoms with Crippen LogP contribution in [0.25, 0.3) is 16.7 Å². The Kier molecular flexibility index (Phi) is 13.8. The summed E-state index contributed by atoms with van der Waals surface area (Å²) in [6.07, 6.45) is 28.3. The van der Waals surface area contributed by atoms with Crippen LogP contribution < -0.4 is 9.80 Å². The Morgan fingerprint density at radius 2 is 1.25 bits per heavy atom. The predicted molar refractivity (Wildman–Crippen MR) is 249 cm³/mol. The van der Waals surface area contributed by atoms with Gasteiger partial charge in [-0.15, -0.1) is 0 Å².